The van der Waals surface area contributed by atoms with Crippen molar-refractivity contribution in [3.05, 3.63) is 35.5 Å². The Morgan fingerprint density at radius 1 is 1.00 bits per heavy atom. The monoisotopic (exact) mass is 238 g/mol. The summed E-state index contributed by atoms with van der Waals surface area (Å²) < 4.78 is 0. The van der Waals surface area contributed by atoms with Gasteiger partial charge >= 0.3 is 0 Å². The molecule has 0 atom stereocenters. The van der Waals surface area contributed by atoms with E-state index in [0.717, 1.165) is 38.8 Å². The van der Waals surface area contributed by atoms with E-state index in [1.165, 1.54) is 0 Å². The van der Waals surface area contributed by atoms with Gasteiger partial charge in [-0.25, -0.2) is 9.97 Å². The van der Waals surface area contributed by atoms with Crippen LogP contribution in [0.4, 0.5) is 11.5 Å². The minimum atomic E-state index is 0.454. The molecule has 2 heterocycles. The molecule has 0 bridgehead atoms. The molecular formula is C14H14N4. The van der Waals surface area contributed by atoms with Gasteiger partial charge in [0.1, 0.15) is 5.52 Å². The molecule has 2 aromatic heterocycles. The first-order chi connectivity index (χ1) is 8.59. The highest BCUT2D eigenvalue weighted by atomic mass is 14.9. The molecule has 0 fully saturated rings. The number of hydrogen-bond acceptors (Lipinski definition) is 4. The molecule has 4 heteroatoms. The van der Waals surface area contributed by atoms with Crippen molar-refractivity contribution in [1.29, 1.82) is 0 Å². The average Bonchev–Trinajstić information content (AvgIpc) is 2.36. The number of aromatic nitrogens is 2. The SMILES string of the molecule is Cc1nc2c(N)nc3ccccc3c2c(C)c1N. The van der Waals surface area contributed by atoms with Gasteiger partial charge in [0.05, 0.1) is 16.9 Å². The van der Waals surface area contributed by atoms with Crippen molar-refractivity contribution in [2.24, 2.45) is 0 Å². The van der Waals surface area contributed by atoms with E-state index in [1.807, 2.05) is 38.1 Å². The van der Waals surface area contributed by atoms with Crippen LogP contribution in [-0.2, 0) is 0 Å². The van der Waals surface area contributed by atoms with Gasteiger partial charge in [0, 0.05) is 10.8 Å². The van der Waals surface area contributed by atoms with Crippen molar-refractivity contribution in [2.75, 3.05) is 11.5 Å². The zero-order chi connectivity index (χ0) is 12.9. The first-order valence-electron chi connectivity index (χ1n) is 5.80. The molecule has 3 aromatic rings. The van der Waals surface area contributed by atoms with Gasteiger partial charge in [-0.3, -0.25) is 0 Å². The summed E-state index contributed by atoms with van der Waals surface area (Å²) in [7, 11) is 0. The number of aryl methyl sites for hydroxylation is 2. The number of rotatable bonds is 0. The molecule has 0 radical (unpaired) electrons. The van der Waals surface area contributed by atoms with Gasteiger partial charge in [0.15, 0.2) is 5.82 Å². The van der Waals surface area contributed by atoms with Crippen LogP contribution in [0.1, 0.15) is 11.3 Å². The number of anilines is 2. The maximum Gasteiger partial charge on any atom is 0.150 e. The molecule has 90 valence electrons. The minimum Gasteiger partial charge on any atom is -0.397 e. The second-order valence-electron chi connectivity index (χ2n) is 4.47. The van der Waals surface area contributed by atoms with E-state index in [1.54, 1.807) is 0 Å². The molecule has 0 aliphatic rings. The molecule has 18 heavy (non-hydrogen) atoms. The molecule has 0 saturated heterocycles. The van der Waals surface area contributed by atoms with E-state index < -0.39 is 0 Å². The van der Waals surface area contributed by atoms with E-state index in [0.29, 0.717) is 5.82 Å². The number of nitrogens with two attached hydrogens (primary N) is 2. The number of benzene rings is 1. The number of para-hydroxylation sites is 1. The predicted octanol–water partition coefficient (Wildman–Crippen LogP) is 2.56. The Morgan fingerprint density at radius 2 is 1.72 bits per heavy atom. The molecule has 0 spiro atoms. The third-order valence-corrected chi connectivity index (χ3v) is 3.34. The van der Waals surface area contributed by atoms with Crippen LogP contribution < -0.4 is 11.5 Å². The number of pyridine rings is 2. The highest BCUT2D eigenvalue weighted by Crippen LogP contribution is 2.32. The smallest absolute Gasteiger partial charge is 0.150 e. The predicted molar refractivity (Wildman–Crippen MR) is 75.3 cm³/mol. The first kappa shape index (κ1) is 10.8. The Kier molecular flexibility index (Phi) is 2.13. The third kappa shape index (κ3) is 1.32. The van der Waals surface area contributed by atoms with Gasteiger partial charge in [-0.15, -0.1) is 0 Å². The van der Waals surface area contributed by atoms with Crippen LogP contribution >= 0.6 is 0 Å². The summed E-state index contributed by atoms with van der Waals surface area (Å²) in [5.41, 5.74) is 16.2. The van der Waals surface area contributed by atoms with E-state index in [-0.39, 0.29) is 0 Å². The molecule has 4 nitrogen and oxygen atoms in total. The Balaban J connectivity index is 2.67. The lowest BCUT2D eigenvalue weighted by Gasteiger charge is -2.12. The summed E-state index contributed by atoms with van der Waals surface area (Å²) in [6.07, 6.45) is 0. The molecule has 0 unspecified atom stereocenters. The molecule has 4 N–H and O–H groups in total. The van der Waals surface area contributed by atoms with E-state index >= 15 is 0 Å². The van der Waals surface area contributed by atoms with Gasteiger partial charge in [-0.2, -0.15) is 0 Å². The van der Waals surface area contributed by atoms with Crippen molar-refractivity contribution >= 4 is 33.3 Å². The van der Waals surface area contributed by atoms with Gasteiger partial charge in [0.25, 0.3) is 0 Å². The van der Waals surface area contributed by atoms with Crippen LogP contribution in [0.15, 0.2) is 24.3 Å². The highest BCUT2D eigenvalue weighted by Gasteiger charge is 2.13. The molecular weight excluding hydrogens is 224 g/mol. The van der Waals surface area contributed by atoms with Crippen LogP contribution in [0.5, 0.6) is 0 Å². The van der Waals surface area contributed by atoms with Gasteiger partial charge in [-0.05, 0) is 25.5 Å². The summed E-state index contributed by atoms with van der Waals surface area (Å²) in [5.74, 6) is 0.454. The summed E-state index contributed by atoms with van der Waals surface area (Å²) >= 11 is 0. The molecule has 1 aromatic carbocycles. The zero-order valence-electron chi connectivity index (χ0n) is 10.4. The Labute approximate surface area is 105 Å². The fraction of sp³-hybridized carbons (Fsp3) is 0.143. The first-order valence-corrected chi connectivity index (χ1v) is 5.80. The van der Waals surface area contributed by atoms with Crippen molar-refractivity contribution < 1.29 is 0 Å². The number of hydrogen-bond donors (Lipinski definition) is 2. The van der Waals surface area contributed by atoms with Crippen molar-refractivity contribution in [2.45, 2.75) is 13.8 Å². The maximum absolute atomic E-state index is 6.07. The Morgan fingerprint density at radius 3 is 2.50 bits per heavy atom. The zero-order valence-corrected chi connectivity index (χ0v) is 10.4. The van der Waals surface area contributed by atoms with Crippen LogP contribution in [0.3, 0.4) is 0 Å². The third-order valence-electron chi connectivity index (χ3n) is 3.34. The summed E-state index contributed by atoms with van der Waals surface area (Å²) in [6.45, 7) is 3.88. The maximum atomic E-state index is 6.07. The van der Waals surface area contributed by atoms with Crippen LogP contribution in [0.2, 0.25) is 0 Å². The molecule has 0 amide bonds. The van der Waals surface area contributed by atoms with Gasteiger partial charge < -0.3 is 11.5 Å². The largest absolute Gasteiger partial charge is 0.397 e. The lowest BCUT2D eigenvalue weighted by Crippen LogP contribution is -2.02. The molecule has 0 saturated carbocycles. The summed E-state index contributed by atoms with van der Waals surface area (Å²) in [4.78, 5) is 8.86. The fourth-order valence-electron chi connectivity index (χ4n) is 2.35. The second kappa shape index (κ2) is 3.57. The van der Waals surface area contributed by atoms with Crippen molar-refractivity contribution in [3.63, 3.8) is 0 Å². The Hall–Kier alpha value is -2.36. The minimum absolute atomic E-state index is 0.454. The average molecular weight is 238 g/mol. The van der Waals surface area contributed by atoms with E-state index in [2.05, 4.69) is 9.97 Å². The molecule has 3 rings (SSSR count). The van der Waals surface area contributed by atoms with E-state index in [9.17, 15) is 0 Å². The quantitative estimate of drug-likeness (QED) is 0.590. The lowest BCUT2D eigenvalue weighted by molar-refractivity contribution is 1.23. The lowest BCUT2D eigenvalue weighted by atomic mass is 10.0. The van der Waals surface area contributed by atoms with Crippen LogP contribution in [-0.4, -0.2) is 9.97 Å². The van der Waals surface area contributed by atoms with Gasteiger partial charge in [-0.1, -0.05) is 18.2 Å². The number of fused-ring (bicyclic) bond motifs is 3. The summed E-state index contributed by atoms with van der Waals surface area (Å²) in [5, 5.41) is 2.04. The number of nitrogen functional groups attached to an aromatic ring is 2. The second-order valence-corrected chi connectivity index (χ2v) is 4.47. The highest BCUT2D eigenvalue weighted by molar-refractivity contribution is 6.11. The van der Waals surface area contributed by atoms with E-state index in [4.69, 9.17) is 11.5 Å². The summed E-state index contributed by atoms with van der Waals surface area (Å²) in [6, 6.07) is 7.89. The topological polar surface area (TPSA) is 77.8 Å². The fourth-order valence-corrected chi connectivity index (χ4v) is 2.35. The Bertz CT molecular complexity index is 778. The van der Waals surface area contributed by atoms with Crippen LogP contribution in [0, 0.1) is 13.8 Å². The molecule has 0 aliphatic heterocycles. The van der Waals surface area contributed by atoms with Gasteiger partial charge in [0.2, 0.25) is 0 Å². The number of nitrogens with zero attached hydrogens (tertiary/aromatic N) is 2. The standard InChI is InChI=1S/C14H14N4/c1-7-11-9-5-3-4-6-10(9)18-14(16)13(11)17-8(2)12(7)15/h3-6H,15H2,1-2H3,(H2,16,18). The van der Waals surface area contributed by atoms with Crippen LogP contribution in [0.25, 0.3) is 21.8 Å². The van der Waals surface area contributed by atoms with Crippen molar-refractivity contribution in [3.8, 4) is 0 Å². The molecule has 0 aliphatic carbocycles. The van der Waals surface area contributed by atoms with Crippen molar-refractivity contribution in [1.82, 2.24) is 9.97 Å². The normalized spacial score (nSPS) is 11.2.